The minimum atomic E-state index is -4.48. The van der Waals surface area contributed by atoms with Crippen LogP contribution in [0.15, 0.2) is 60.9 Å². The van der Waals surface area contributed by atoms with Gasteiger partial charge in [0.25, 0.3) is 0 Å². The van der Waals surface area contributed by atoms with E-state index < -0.39 is 48.7 Å². The number of hydrogen-bond donors (Lipinski definition) is 3. The first-order chi connectivity index (χ1) is 25.2. The number of aromatic nitrogens is 4. The van der Waals surface area contributed by atoms with Crippen LogP contribution in [-0.4, -0.2) is 85.8 Å². The third kappa shape index (κ3) is 9.00. The van der Waals surface area contributed by atoms with Crippen molar-refractivity contribution in [2.45, 2.75) is 89.2 Å². The van der Waals surface area contributed by atoms with Crippen LogP contribution in [0.4, 0.5) is 22.8 Å². The van der Waals surface area contributed by atoms with E-state index in [1.807, 2.05) is 69.3 Å². The summed E-state index contributed by atoms with van der Waals surface area (Å²) in [4.78, 5) is 57.1. The molecule has 3 atom stereocenters. The number of ether oxygens (including phenoxy) is 2. The Morgan fingerprint density at radius 1 is 0.811 bits per heavy atom. The number of rotatable bonds is 9. The third-order valence-corrected chi connectivity index (χ3v) is 9.46. The molecule has 0 spiro atoms. The number of amides is 3. The zero-order valence-corrected chi connectivity index (χ0v) is 30.1. The van der Waals surface area contributed by atoms with E-state index >= 15 is 0 Å². The fourth-order valence-electron chi connectivity index (χ4n) is 6.86. The van der Waals surface area contributed by atoms with Crippen LogP contribution in [0.5, 0.6) is 0 Å². The van der Waals surface area contributed by atoms with E-state index in [1.54, 1.807) is 17.3 Å². The Morgan fingerprint density at radius 2 is 1.28 bits per heavy atom. The number of alkyl carbamates (subject to hydrolysis) is 1. The number of alkyl halides is 3. The summed E-state index contributed by atoms with van der Waals surface area (Å²) < 4.78 is 49.1. The summed E-state index contributed by atoms with van der Waals surface area (Å²) >= 11 is 0. The molecule has 2 aliphatic rings. The Morgan fingerprint density at radius 3 is 1.75 bits per heavy atom. The molecule has 4 heterocycles. The van der Waals surface area contributed by atoms with Crippen molar-refractivity contribution in [2.75, 3.05) is 20.2 Å². The first-order valence-electron chi connectivity index (χ1n) is 17.7. The second-order valence-corrected chi connectivity index (χ2v) is 14.4. The van der Waals surface area contributed by atoms with Crippen molar-refractivity contribution in [3.8, 4) is 33.6 Å². The maximum Gasteiger partial charge on any atom is 0.410 e. The largest absolute Gasteiger partial charge is 0.453 e. The Kier molecular flexibility index (Phi) is 10.8. The molecule has 0 bridgehead atoms. The summed E-state index contributed by atoms with van der Waals surface area (Å²) in [5, 5.41) is 2.27. The van der Waals surface area contributed by atoms with Gasteiger partial charge in [0.15, 0.2) is 0 Å². The highest BCUT2D eigenvalue weighted by Gasteiger charge is 2.39. The number of imidazole rings is 2. The molecule has 53 heavy (non-hydrogen) atoms. The zero-order valence-electron chi connectivity index (χ0n) is 30.1. The van der Waals surface area contributed by atoms with E-state index in [9.17, 15) is 27.6 Å². The second kappa shape index (κ2) is 15.3. The monoisotopic (exact) mass is 735 g/mol. The van der Waals surface area contributed by atoms with Crippen LogP contribution in [0.25, 0.3) is 33.6 Å². The van der Waals surface area contributed by atoms with Crippen molar-refractivity contribution in [3.05, 3.63) is 72.6 Å². The minimum absolute atomic E-state index is 0.166. The Bertz CT molecular complexity index is 1900. The Balaban J connectivity index is 1.10. The number of halogens is 3. The average Bonchev–Trinajstić information content (AvgIpc) is 3.95. The molecule has 2 aromatic carbocycles. The molecule has 3 N–H and O–H groups in total. The van der Waals surface area contributed by atoms with Crippen LogP contribution in [0.1, 0.15) is 83.0 Å². The van der Waals surface area contributed by atoms with Crippen molar-refractivity contribution < 1.29 is 37.0 Å². The lowest BCUT2D eigenvalue weighted by atomic mass is 10.0. The molecule has 3 amide bonds. The number of aromatic amines is 2. The second-order valence-electron chi connectivity index (χ2n) is 14.4. The van der Waals surface area contributed by atoms with Gasteiger partial charge < -0.3 is 29.7 Å². The molecule has 6 rings (SSSR count). The van der Waals surface area contributed by atoms with Gasteiger partial charge in [-0.15, -0.1) is 0 Å². The number of carbonyl (C=O) groups excluding carboxylic acids is 3. The van der Waals surface area contributed by atoms with E-state index in [1.165, 1.54) is 4.90 Å². The summed E-state index contributed by atoms with van der Waals surface area (Å²) in [6.45, 7) is 6.52. The van der Waals surface area contributed by atoms with Crippen molar-refractivity contribution in [1.82, 2.24) is 35.1 Å². The predicted molar refractivity (Wildman–Crippen MR) is 190 cm³/mol. The van der Waals surface area contributed by atoms with Gasteiger partial charge in [0, 0.05) is 19.5 Å². The first kappa shape index (κ1) is 37.4. The number of hydrogen-bond acceptors (Lipinski definition) is 7. The first-order valence-corrected chi connectivity index (χ1v) is 17.7. The smallest absolute Gasteiger partial charge is 0.410 e. The number of nitrogens with one attached hydrogen (secondary N) is 3. The van der Waals surface area contributed by atoms with E-state index in [2.05, 4.69) is 30.0 Å². The van der Waals surface area contributed by atoms with Gasteiger partial charge in [0.1, 0.15) is 23.3 Å². The molecule has 2 aromatic heterocycles. The molecule has 15 heteroatoms. The van der Waals surface area contributed by atoms with Gasteiger partial charge in [-0.3, -0.25) is 9.69 Å². The van der Waals surface area contributed by atoms with Crippen LogP contribution in [0, 0.1) is 0 Å². The van der Waals surface area contributed by atoms with Crippen molar-refractivity contribution >= 4 is 18.1 Å². The topological polar surface area (TPSA) is 146 Å². The highest BCUT2D eigenvalue weighted by molar-refractivity contribution is 5.86. The summed E-state index contributed by atoms with van der Waals surface area (Å²) in [5.41, 5.74) is 4.85. The van der Waals surface area contributed by atoms with E-state index in [0.717, 1.165) is 59.4 Å². The quantitative estimate of drug-likeness (QED) is 0.158. The van der Waals surface area contributed by atoms with Crippen molar-refractivity contribution in [2.24, 2.45) is 0 Å². The number of carbonyl (C=O) groups is 3. The molecule has 0 aliphatic carbocycles. The maximum absolute atomic E-state index is 13.4. The molecule has 4 aromatic rings. The fraction of sp³-hybridized carbons (Fsp3) is 0.447. The van der Waals surface area contributed by atoms with Gasteiger partial charge in [-0.05, 0) is 75.1 Å². The number of methoxy groups -OCH3 is 1. The van der Waals surface area contributed by atoms with Gasteiger partial charge in [-0.2, -0.15) is 13.2 Å². The van der Waals surface area contributed by atoms with Crippen LogP contribution < -0.4 is 5.32 Å². The lowest BCUT2D eigenvalue weighted by Gasteiger charge is -2.28. The molecule has 2 fully saturated rings. The predicted octanol–water partition coefficient (Wildman–Crippen LogP) is 7.94. The molecule has 0 radical (unpaired) electrons. The lowest BCUT2D eigenvalue weighted by molar-refractivity contribution is -0.143. The Labute approximate surface area is 305 Å². The third-order valence-electron chi connectivity index (χ3n) is 9.46. The van der Waals surface area contributed by atoms with Gasteiger partial charge >= 0.3 is 18.4 Å². The van der Waals surface area contributed by atoms with Crippen LogP contribution >= 0.6 is 0 Å². The molecule has 12 nitrogen and oxygen atoms in total. The normalized spacial score (nSPS) is 18.2. The molecule has 2 aliphatic heterocycles. The van der Waals surface area contributed by atoms with Gasteiger partial charge in [0.05, 0.1) is 43.0 Å². The molecular weight excluding hydrogens is 691 g/mol. The van der Waals surface area contributed by atoms with Crippen molar-refractivity contribution in [3.63, 3.8) is 0 Å². The molecule has 0 unspecified atom stereocenters. The van der Waals surface area contributed by atoms with Crippen LogP contribution in [0.2, 0.25) is 0 Å². The van der Waals surface area contributed by atoms with E-state index in [4.69, 9.17) is 4.74 Å². The van der Waals surface area contributed by atoms with Crippen molar-refractivity contribution in [1.29, 1.82) is 0 Å². The molecule has 2 saturated heterocycles. The zero-order chi connectivity index (χ0) is 37.9. The molecular formula is C38H44F3N7O5. The van der Waals surface area contributed by atoms with Gasteiger partial charge in [0.2, 0.25) is 5.91 Å². The summed E-state index contributed by atoms with van der Waals surface area (Å²) in [6.07, 6.45) is -1.25. The summed E-state index contributed by atoms with van der Waals surface area (Å²) in [7, 11) is 1.09. The standard InChI is InChI=1S/C38H44F3N7O5/c1-37(2,3)53-36(51)48-20-6-8-31(48)33-43-22-29(45-33)26-15-11-24(12-16-26)23-9-13-25(14-10-23)28-21-42-32(44-28)30-7-5-19-47(30)34(49)27(46-35(50)52-4)17-18-38(39,40)41/h9-16,21-22,27,30-31H,5-8,17-20H2,1-4H3,(H,42,44)(H,43,45)(H,46,50)/t27-,30-,31-/m0/s1. The number of H-pyrrole nitrogens is 2. The minimum Gasteiger partial charge on any atom is -0.453 e. The highest BCUT2D eigenvalue weighted by atomic mass is 19.4. The highest BCUT2D eigenvalue weighted by Crippen LogP contribution is 2.35. The SMILES string of the molecule is COC(=O)N[C@@H](CCC(F)(F)F)C(=O)N1CCC[C@H]1c1ncc(-c2ccc(-c3ccc(-c4cnc([C@@H]5CCCN5C(=O)OC(C)(C)C)[nH]4)cc3)cc2)[nH]1. The van der Waals surface area contributed by atoms with E-state index in [0.29, 0.717) is 31.8 Å². The van der Waals surface area contributed by atoms with E-state index in [-0.39, 0.29) is 12.1 Å². The number of likely N-dealkylation sites (tertiary alicyclic amines) is 2. The summed E-state index contributed by atoms with van der Waals surface area (Å²) in [5.74, 6) is 0.644. The number of benzene rings is 2. The Hall–Kier alpha value is -5.34. The summed E-state index contributed by atoms with van der Waals surface area (Å²) in [6, 6.07) is 14.0. The lowest BCUT2D eigenvalue weighted by Crippen LogP contribution is -2.48. The van der Waals surface area contributed by atoms with Gasteiger partial charge in [-0.25, -0.2) is 19.6 Å². The van der Waals surface area contributed by atoms with Crippen LogP contribution in [-0.2, 0) is 14.3 Å². The average molecular weight is 736 g/mol. The number of nitrogens with zero attached hydrogens (tertiary/aromatic N) is 4. The molecule has 282 valence electrons. The molecule has 0 saturated carbocycles. The van der Waals surface area contributed by atoms with Gasteiger partial charge in [-0.1, -0.05) is 48.5 Å². The van der Waals surface area contributed by atoms with Crippen LogP contribution in [0.3, 0.4) is 0 Å². The maximum atomic E-state index is 13.4. The fourth-order valence-corrected chi connectivity index (χ4v) is 6.86.